The van der Waals surface area contributed by atoms with E-state index in [9.17, 15) is 34.5 Å². The molecule has 9 nitrogen and oxygen atoms in total. The Morgan fingerprint density at radius 1 is 1.00 bits per heavy atom. The number of carboxylic acid groups (broad SMARTS) is 3. The molecule has 0 atom stereocenters. The number of aromatic nitrogens is 2. The maximum Gasteiger partial charge on any atom is 0.341 e. The van der Waals surface area contributed by atoms with Crippen LogP contribution in [0.5, 0.6) is 0 Å². The van der Waals surface area contributed by atoms with E-state index in [2.05, 4.69) is 4.98 Å². The summed E-state index contributed by atoms with van der Waals surface area (Å²) in [4.78, 5) is 51.7. The van der Waals surface area contributed by atoms with Crippen molar-refractivity contribution in [1.82, 2.24) is 9.55 Å². The molecule has 3 N–H and O–H groups in total. The van der Waals surface area contributed by atoms with E-state index in [4.69, 9.17) is 0 Å². The van der Waals surface area contributed by atoms with Crippen molar-refractivity contribution >= 4 is 28.8 Å². The van der Waals surface area contributed by atoms with Crippen molar-refractivity contribution in [2.45, 2.75) is 27.3 Å². The lowest BCUT2D eigenvalue weighted by Crippen LogP contribution is -2.19. The van der Waals surface area contributed by atoms with Gasteiger partial charge in [0.05, 0.1) is 28.0 Å². The third-order valence-electron chi connectivity index (χ3n) is 5.00. The summed E-state index contributed by atoms with van der Waals surface area (Å²) in [5, 5.41) is 28.4. The van der Waals surface area contributed by atoms with Crippen LogP contribution in [0.3, 0.4) is 0 Å². The molecule has 10 heteroatoms. The van der Waals surface area contributed by atoms with Gasteiger partial charge >= 0.3 is 17.9 Å². The van der Waals surface area contributed by atoms with Crippen LogP contribution >= 0.6 is 0 Å². The fourth-order valence-electron chi connectivity index (χ4n) is 3.66. The van der Waals surface area contributed by atoms with Gasteiger partial charge in [-0.05, 0) is 32.9 Å². The zero-order chi connectivity index (χ0) is 23.2. The molecule has 1 aromatic carbocycles. The summed E-state index contributed by atoms with van der Waals surface area (Å²) in [6, 6.07) is 1.96. The highest BCUT2D eigenvalue weighted by Gasteiger charge is 2.28. The van der Waals surface area contributed by atoms with Crippen molar-refractivity contribution in [3.05, 3.63) is 62.4 Å². The first-order chi connectivity index (χ1) is 14.5. The van der Waals surface area contributed by atoms with Crippen molar-refractivity contribution in [3.8, 4) is 11.1 Å². The number of aryl methyl sites for hydroxylation is 3. The van der Waals surface area contributed by atoms with Crippen LogP contribution in [0.25, 0.3) is 22.0 Å². The maximum absolute atomic E-state index is 15.2. The molecule has 0 aliphatic heterocycles. The number of carboxylic acids is 3. The summed E-state index contributed by atoms with van der Waals surface area (Å²) in [6.45, 7) is 4.62. The van der Waals surface area contributed by atoms with E-state index >= 15 is 4.39 Å². The number of hydrogen-bond acceptors (Lipinski definition) is 5. The predicted molar refractivity (Wildman–Crippen MR) is 107 cm³/mol. The van der Waals surface area contributed by atoms with E-state index in [0.717, 1.165) is 18.3 Å². The molecule has 0 bridgehead atoms. The van der Waals surface area contributed by atoms with Gasteiger partial charge in [0.15, 0.2) is 0 Å². The Hall–Kier alpha value is -4.08. The van der Waals surface area contributed by atoms with Gasteiger partial charge in [-0.25, -0.2) is 18.8 Å². The van der Waals surface area contributed by atoms with Gasteiger partial charge in [0.2, 0.25) is 5.43 Å². The van der Waals surface area contributed by atoms with Gasteiger partial charge in [-0.15, -0.1) is 0 Å². The SMILES string of the molecule is CCn1cc(C(=O)O)c(=O)c2cc(F)c(-c3c(C(=O)O)c(C)nc(C)c3C(=O)O)cc21. The average molecular weight is 428 g/mol. The van der Waals surface area contributed by atoms with E-state index in [-0.39, 0.29) is 40.0 Å². The highest BCUT2D eigenvalue weighted by molar-refractivity contribution is 6.07. The number of rotatable bonds is 5. The number of aromatic carboxylic acids is 3. The van der Waals surface area contributed by atoms with Crippen LogP contribution in [-0.4, -0.2) is 42.8 Å². The second-order valence-corrected chi connectivity index (χ2v) is 6.83. The van der Waals surface area contributed by atoms with Crippen molar-refractivity contribution < 1.29 is 34.1 Å². The number of benzene rings is 1. The lowest BCUT2D eigenvalue weighted by atomic mass is 9.91. The number of pyridine rings is 2. The van der Waals surface area contributed by atoms with Gasteiger partial charge in [-0.1, -0.05) is 0 Å². The molecule has 0 aliphatic rings. The molecule has 160 valence electrons. The minimum absolute atomic E-state index is 0.00129. The number of hydrogen-bond donors (Lipinski definition) is 3. The Bertz CT molecular complexity index is 1320. The molecule has 0 radical (unpaired) electrons. The molecule has 3 rings (SSSR count). The Morgan fingerprint density at radius 2 is 1.55 bits per heavy atom. The molecule has 2 aromatic heterocycles. The Labute approximate surface area is 174 Å². The van der Waals surface area contributed by atoms with Crippen LogP contribution in [0.2, 0.25) is 0 Å². The summed E-state index contributed by atoms with van der Waals surface area (Å²) in [5.74, 6) is -5.52. The van der Waals surface area contributed by atoms with E-state index in [1.807, 2.05) is 0 Å². The normalized spacial score (nSPS) is 11.0. The van der Waals surface area contributed by atoms with E-state index in [1.54, 1.807) is 6.92 Å². The number of carbonyl (C=O) groups is 3. The van der Waals surface area contributed by atoms with Crippen LogP contribution in [-0.2, 0) is 6.54 Å². The van der Waals surface area contributed by atoms with Crippen molar-refractivity contribution in [3.63, 3.8) is 0 Å². The summed E-state index contributed by atoms with van der Waals surface area (Å²) < 4.78 is 16.6. The highest BCUT2D eigenvalue weighted by atomic mass is 19.1. The number of nitrogens with zero attached hydrogens (tertiary/aromatic N) is 2. The molecular formula is C21H17FN2O7. The summed E-state index contributed by atoms with van der Waals surface area (Å²) in [5.41, 5.74) is -3.00. The first kappa shape index (κ1) is 21.6. The standard InChI is InChI=1S/C21H17FN2O7/c1-4-24-7-12(19(26)27)18(25)11-5-13(22)10(6-14(11)24)17-15(20(28)29)8(2)23-9(3)16(17)21(30)31/h5-7H,4H2,1-3H3,(H,26,27)(H,28,29)(H,30,31). The van der Waals surface area contributed by atoms with Crippen LogP contribution in [0.4, 0.5) is 4.39 Å². The lowest BCUT2D eigenvalue weighted by molar-refractivity contribution is 0.0680. The highest BCUT2D eigenvalue weighted by Crippen LogP contribution is 2.35. The van der Waals surface area contributed by atoms with E-state index < -0.39 is 45.8 Å². The van der Waals surface area contributed by atoms with Crippen molar-refractivity contribution in [2.24, 2.45) is 0 Å². The number of fused-ring (bicyclic) bond motifs is 1. The third-order valence-corrected chi connectivity index (χ3v) is 5.00. The second kappa shape index (κ2) is 7.63. The molecule has 0 spiro atoms. The summed E-state index contributed by atoms with van der Waals surface area (Å²) >= 11 is 0. The van der Waals surface area contributed by atoms with Gasteiger partial charge < -0.3 is 19.9 Å². The Kier molecular flexibility index (Phi) is 5.32. The first-order valence-corrected chi connectivity index (χ1v) is 9.07. The summed E-state index contributed by atoms with van der Waals surface area (Å²) in [7, 11) is 0. The van der Waals surface area contributed by atoms with Gasteiger partial charge in [0.25, 0.3) is 0 Å². The zero-order valence-electron chi connectivity index (χ0n) is 16.7. The third kappa shape index (κ3) is 3.41. The molecule has 0 aliphatic carbocycles. The zero-order valence-corrected chi connectivity index (χ0v) is 16.7. The molecule has 0 unspecified atom stereocenters. The van der Waals surface area contributed by atoms with Gasteiger partial charge in [-0.3, -0.25) is 9.78 Å². The van der Waals surface area contributed by atoms with Crippen LogP contribution < -0.4 is 5.43 Å². The minimum atomic E-state index is -1.49. The Balaban J connectivity index is 2.56. The molecule has 0 saturated heterocycles. The van der Waals surface area contributed by atoms with Crippen LogP contribution in [0.1, 0.15) is 49.4 Å². The van der Waals surface area contributed by atoms with Crippen molar-refractivity contribution in [2.75, 3.05) is 0 Å². The lowest BCUT2D eigenvalue weighted by Gasteiger charge is -2.17. The molecule has 0 fully saturated rings. The van der Waals surface area contributed by atoms with E-state index in [0.29, 0.717) is 0 Å². The van der Waals surface area contributed by atoms with Gasteiger partial charge in [0.1, 0.15) is 11.4 Å². The molecule has 2 heterocycles. The largest absolute Gasteiger partial charge is 0.478 e. The fourth-order valence-corrected chi connectivity index (χ4v) is 3.66. The van der Waals surface area contributed by atoms with E-state index in [1.165, 1.54) is 18.4 Å². The minimum Gasteiger partial charge on any atom is -0.478 e. The average Bonchev–Trinajstić information content (AvgIpc) is 2.66. The topological polar surface area (TPSA) is 147 Å². The number of halogens is 1. The maximum atomic E-state index is 15.2. The van der Waals surface area contributed by atoms with Gasteiger partial charge in [-0.2, -0.15) is 0 Å². The molecular weight excluding hydrogens is 411 g/mol. The molecule has 31 heavy (non-hydrogen) atoms. The fraction of sp³-hybridized carbons (Fsp3) is 0.190. The Morgan fingerprint density at radius 3 is 2.00 bits per heavy atom. The quantitative estimate of drug-likeness (QED) is 0.562. The molecule has 0 amide bonds. The van der Waals surface area contributed by atoms with Crippen molar-refractivity contribution in [1.29, 1.82) is 0 Å². The van der Waals surface area contributed by atoms with Crippen LogP contribution in [0, 0.1) is 19.7 Å². The van der Waals surface area contributed by atoms with Gasteiger partial charge in [0, 0.05) is 29.3 Å². The smallest absolute Gasteiger partial charge is 0.341 e. The summed E-state index contributed by atoms with van der Waals surface area (Å²) in [6.07, 6.45) is 1.11. The molecule has 0 saturated carbocycles. The van der Waals surface area contributed by atoms with Crippen LogP contribution in [0.15, 0.2) is 23.1 Å². The predicted octanol–water partition coefficient (Wildman–Crippen LogP) is 2.93. The second-order valence-electron chi connectivity index (χ2n) is 6.83. The first-order valence-electron chi connectivity index (χ1n) is 9.07. The monoisotopic (exact) mass is 428 g/mol. The molecule has 3 aromatic rings.